The van der Waals surface area contributed by atoms with Crippen molar-refractivity contribution in [2.75, 3.05) is 27.0 Å². The van der Waals surface area contributed by atoms with Crippen molar-refractivity contribution in [2.45, 2.75) is 13.1 Å². The van der Waals surface area contributed by atoms with Gasteiger partial charge in [0.25, 0.3) is 0 Å². The third-order valence-electron chi connectivity index (χ3n) is 0.618. The Morgan fingerprint density at radius 2 is 1.33 bits per heavy atom. The van der Waals surface area contributed by atoms with Crippen LogP contribution < -0.4 is 0 Å². The Morgan fingerprint density at radius 1 is 1.00 bits per heavy atom. The highest BCUT2D eigenvalue weighted by Crippen LogP contribution is 2.13. The fourth-order valence-electron chi connectivity index (χ4n) is 0.177. The molecule has 124 valence electrons. The Bertz CT molecular complexity index is 345. The highest BCUT2D eigenvalue weighted by Gasteiger charge is 2.26. The lowest BCUT2D eigenvalue weighted by atomic mass is 10.6. The zero-order chi connectivity index (χ0) is 17.7. The van der Waals surface area contributed by atoms with E-state index in [4.69, 9.17) is 0 Å². The maximum atomic E-state index is 11.7. The van der Waals surface area contributed by atoms with Gasteiger partial charge in [-0.3, -0.25) is 4.39 Å². The molecule has 0 aromatic heterocycles. The van der Waals surface area contributed by atoms with Crippen LogP contribution >= 0.6 is 0 Å². The summed E-state index contributed by atoms with van der Waals surface area (Å²) in [6, 6.07) is 0. The molecule has 21 heavy (non-hydrogen) atoms. The molecule has 0 N–H and O–H groups in total. The van der Waals surface area contributed by atoms with Crippen molar-refractivity contribution in [2.24, 2.45) is 0 Å². The van der Waals surface area contributed by atoms with Crippen LogP contribution in [0.4, 0.5) is 39.5 Å². The molecule has 0 rings (SSSR count). The predicted molar refractivity (Wildman–Crippen MR) is 61.0 cm³/mol. The molecule has 0 aliphatic rings. The first-order chi connectivity index (χ1) is 9.70. The smallest absolute Gasteiger partial charge is 0.251 e. The molecule has 0 aliphatic carbocycles. The van der Waals surface area contributed by atoms with Crippen LogP contribution in [0.2, 0.25) is 0 Å². The lowest BCUT2D eigenvalue weighted by Crippen LogP contribution is -2.08. The Morgan fingerprint density at radius 3 is 1.52 bits per heavy atom. The molecule has 0 nitrogen and oxygen atoms in total. The van der Waals surface area contributed by atoms with Crippen LogP contribution in [0.25, 0.3) is 0 Å². The van der Waals surface area contributed by atoms with E-state index in [0.717, 1.165) is 0 Å². The number of hydrogen-bond acceptors (Lipinski definition) is 0. The van der Waals surface area contributed by atoms with E-state index >= 15 is 0 Å². The Balaban J connectivity index is -0.000000104. The molecule has 0 spiro atoms. The van der Waals surface area contributed by atoms with Gasteiger partial charge in [-0.2, -0.15) is 17.6 Å². The molecule has 0 aromatic rings. The molecule has 0 unspecified atom stereocenters. The number of allylic oxidation sites excluding steroid dienone is 1. The quantitative estimate of drug-likeness (QED) is 0.444. The van der Waals surface area contributed by atoms with Crippen LogP contribution in [-0.4, -0.2) is 33.1 Å². The van der Waals surface area contributed by atoms with Gasteiger partial charge in [-0.25, -0.2) is 17.6 Å². The highest BCUT2D eigenvalue weighted by atomic mass is 19.4. The second-order valence-corrected chi connectivity index (χ2v) is 2.21. The van der Waals surface area contributed by atoms with Crippen LogP contribution in [0.1, 0.15) is 6.92 Å². The third kappa shape index (κ3) is 70.9. The van der Waals surface area contributed by atoms with E-state index in [0.29, 0.717) is 0 Å². The normalized spacial score (nSPS) is 7.71. The van der Waals surface area contributed by atoms with E-state index in [2.05, 4.69) is 23.8 Å². The zero-order valence-corrected chi connectivity index (χ0v) is 10.9. The second kappa shape index (κ2) is 23.3. The molecule has 0 saturated carbocycles. The van der Waals surface area contributed by atoms with Gasteiger partial charge in [0, 0.05) is 0 Å². The van der Waals surface area contributed by atoms with Gasteiger partial charge in [-0.1, -0.05) is 5.73 Å². The highest BCUT2D eigenvalue weighted by molar-refractivity contribution is 4.92. The molecule has 0 bridgehead atoms. The van der Waals surface area contributed by atoms with Crippen LogP contribution in [0.15, 0.2) is 35.3 Å². The maximum Gasteiger partial charge on any atom is 0.416 e. The predicted octanol–water partition coefficient (Wildman–Crippen LogP) is 5.44. The van der Waals surface area contributed by atoms with Crippen molar-refractivity contribution < 1.29 is 39.5 Å². The van der Waals surface area contributed by atoms with Crippen LogP contribution in [0, 0.1) is 0 Å². The number of halogens is 9. The van der Waals surface area contributed by atoms with Gasteiger partial charge in [-0.05, 0) is 30.7 Å². The van der Waals surface area contributed by atoms with E-state index in [1.165, 1.54) is 6.92 Å². The minimum absolute atomic E-state index is 0.250. The number of hydrogen-bond donors (Lipinski definition) is 0. The number of rotatable bonds is 1. The summed E-state index contributed by atoms with van der Waals surface area (Å²) < 4.78 is 94.1. The Labute approximate surface area is 116 Å². The minimum Gasteiger partial charge on any atom is -0.251 e. The van der Waals surface area contributed by atoms with Gasteiger partial charge in [0.1, 0.15) is 6.67 Å². The summed E-state index contributed by atoms with van der Waals surface area (Å²) in [4.78, 5) is 0. The monoisotopic (exact) mass is 328 g/mol. The molecule has 0 saturated heterocycles. The average molecular weight is 328 g/mol. The summed E-state index contributed by atoms with van der Waals surface area (Å²) >= 11 is 0. The molecule has 0 fully saturated rings. The topological polar surface area (TPSA) is 0 Å². The fourth-order valence-corrected chi connectivity index (χ4v) is 0.177. The third-order valence-corrected chi connectivity index (χ3v) is 0.618. The zero-order valence-electron chi connectivity index (χ0n) is 10.9. The van der Waals surface area contributed by atoms with E-state index in [-0.39, 0.29) is 6.67 Å². The summed E-state index contributed by atoms with van der Waals surface area (Å²) in [5.41, 5.74) is 8.24. The molecule has 0 radical (unpaired) electrons. The van der Waals surface area contributed by atoms with Crippen molar-refractivity contribution in [3.8, 4) is 0 Å². The van der Waals surface area contributed by atoms with Crippen molar-refractivity contribution in [3.05, 3.63) is 35.3 Å². The molecule has 9 heteroatoms. The first-order valence-electron chi connectivity index (χ1n) is 4.86. The summed E-state index contributed by atoms with van der Waals surface area (Å²) in [7, 11) is 0. The van der Waals surface area contributed by atoms with Crippen LogP contribution in [0.5, 0.6) is 0 Å². The summed E-state index contributed by atoms with van der Waals surface area (Å²) in [5.74, 6) is -1.00. The van der Waals surface area contributed by atoms with Crippen molar-refractivity contribution in [3.63, 3.8) is 0 Å². The first-order valence-corrected chi connectivity index (χ1v) is 4.86. The molecule has 0 aliphatic heterocycles. The Hall–Kier alpha value is -1.77. The average Bonchev–Trinajstić information content (AvgIpc) is 2.40. The lowest BCUT2D eigenvalue weighted by molar-refractivity contribution is -0.142. The Kier molecular flexibility index (Phi) is 30.6. The summed E-state index contributed by atoms with van der Waals surface area (Å²) in [5, 5.41) is 0. The summed E-state index contributed by atoms with van der Waals surface area (Å²) in [6.07, 6.45) is -4.62. The van der Waals surface area contributed by atoms with E-state index in [1.807, 2.05) is 5.73 Å². The van der Waals surface area contributed by atoms with Crippen molar-refractivity contribution in [1.82, 2.24) is 0 Å². The molecular weight excluding hydrogens is 315 g/mol. The summed E-state index contributed by atoms with van der Waals surface area (Å²) in [6.45, 7) is -0.812. The maximum absolute atomic E-state index is 11.7. The van der Waals surface area contributed by atoms with E-state index in [1.54, 1.807) is 0 Å². The van der Waals surface area contributed by atoms with Crippen molar-refractivity contribution in [1.29, 1.82) is 0 Å². The van der Waals surface area contributed by atoms with E-state index in [9.17, 15) is 39.5 Å². The van der Waals surface area contributed by atoms with Crippen LogP contribution in [0.3, 0.4) is 0 Å². The van der Waals surface area contributed by atoms with Crippen molar-refractivity contribution >= 4 is 0 Å². The molecule has 0 amide bonds. The lowest BCUT2D eigenvalue weighted by Gasteiger charge is -1.93. The fraction of sp³-hybridized carbons (Fsp3) is 0.500. The van der Waals surface area contributed by atoms with Gasteiger partial charge in [-0.15, -0.1) is 0 Å². The SMILES string of the molecule is C=C=C=C=C=C(F)CF.CCF.FCC(F)(F)F.FCF. The first kappa shape index (κ1) is 27.6. The molecule has 0 atom stereocenters. The van der Waals surface area contributed by atoms with E-state index < -0.39 is 32.3 Å². The van der Waals surface area contributed by atoms with Crippen LogP contribution in [-0.2, 0) is 0 Å². The number of alkyl halides is 8. The van der Waals surface area contributed by atoms with Gasteiger partial charge in [0.2, 0.25) is 6.93 Å². The van der Waals surface area contributed by atoms with Gasteiger partial charge in [0.05, 0.1) is 6.67 Å². The molecule has 0 heterocycles. The molecule has 0 aromatic carbocycles. The van der Waals surface area contributed by atoms with Gasteiger partial charge < -0.3 is 0 Å². The molecular formula is C12H13F9. The van der Waals surface area contributed by atoms with Gasteiger partial charge >= 0.3 is 6.18 Å². The largest absolute Gasteiger partial charge is 0.416 e. The minimum atomic E-state index is -4.62. The second-order valence-electron chi connectivity index (χ2n) is 2.21. The standard InChI is InChI=1S/C7H4F2.C2H2F4.C2H5F.CH2F2/c1-2-3-4-5-7(9)6-8;3-1-2(4,5)6;1-2-3;2-1-3/h1,6H2;1H2;2H2,1H3;1H2. The van der Waals surface area contributed by atoms with Gasteiger partial charge in [0.15, 0.2) is 12.5 Å².